The molecule has 8 nitrogen and oxygen atoms in total. The molecule has 0 bridgehead atoms. The molecule has 0 aliphatic heterocycles. The number of nitrogens with one attached hydrogen (secondary N) is 1. The van der Waals surface area contributed by atoms with Crippen LogP contribution in [0.3, 0.4) is 0 Å². The van der Waals surface area contributed by atoms with E-state index >= 15 is 0 Å². The summed E-state index contributed by atoms with van der Waals surface area (Å²) in [5.74, 6) is -0.916. The Balaban J connectivity index is 1.32. The standard InChI is InChI=1S/C29H27N3O5/c1-2-36-28(34)29(16-24(29)27(33)32-35)15-19-9-11-22(12-10-19)37-18-21-14-26(20-6-5-13-30-17-20)31-25-8-4-3-7-23(21)25/h3-14,17,24,35H,2,15-16,18H2,1H3,(H,32,33). The molecule has 1 aliphatic rings. The van der Waals surface area contributed by atoms with E-state index in [9.17, 15) is 9.59 Å². The Hall–Kier alpha value is -4.30. The molecule has 5 rings (SSSR count). The van der Waals surface area contributed by atoms with E-state index in [2.05, 4.69) is 4.98 Å². The van der Waals surface area contributed by atoms with E-state index in [1.54, 1.807) is 24.8 Å². The molecule has 2 unspecified atom stereocenters. The van der Waals surface area contributed by atoms with Crippen LogP contribution in [0.1, 0.15) is 24.5 Å². The SMILES string of the molecule is CCOC(=O)C1(Cc2ccc(OCc3cc(-c4cccnc4)nc4ccccc34)cc2)CC1C(=O)NO. The summed E-state index contributed by atoms with van der Waals surface area (Å²) in [5, 5.41) is 10.0. The minimum Gasteiger partial charge on any atom is -0.489 e. The second-order valence-electron chi connectivity index (χ2n) is 9.14. The van der Waals surface area contributed by atoms with Crippen molar-refractivity contribution in [2.45, 2.75) is 26.4 Å². The summed E-state index contributed by atoms with van der Waals surface area (Å²) in [6, 6.07) is 21.3. The molecule has 2 aromatic heterocycles. The first-order valence-corrected chi connectivity index (χ1v) is 12.2. The molecule has 4 aromatic rings. The maximum Gasteiger partial charge on any atom is 0.313 e. The van der Waals surface area contributed by atoms with E-state index in [0.717, 1.165) is 33.3 Å². The molecule has 1 saturated carbocycles. The molecule has 1 amide bonds. The van der Waals surface area contributed by atoms with Gasteiger partial charge in [0.2, 0.25) is 5.91 Å². The lowest BCUT2D eigenvalue weighted by Gasteiger charge is -2.16. The molecule has 1 aliphatic carbocycles. The molecule has 0 saturated heterocycles. The van der Waals surface area contributed by atoms with Crippen LogP contribution in [0.15, 0.2) is 79.1 Å². The number of carbonyl (C=O) groups excluding carboxylic acids is 2. The Bertz CT molecular complexity index is 1420. The van der Waals surface area contributed by atoms with Crippen LogP contribution in [0.25, 0.3) is 22.2 Å². The molecule has 2 heterocycles. The molecule has 0 spiro atoms. The zero-order valence-corrected chi connectivity index (χ0v) is 20.4. The molecule has 188 valence electrons. The zero-order chi connectivity index (χ0) is 25.8. The highest BCUT2D eigenvalue weighted by molar-refractivity contribution is 5.93. The lowest BCUT2D eigenvalue weighted by molar-refractivity contribution is -0.152. The second kappa shape index (κ2) is 10.4. The summed E-state index contributed by atoms with van der Waals surface area (Å²) in [4.78, 5) is 33.6. The normalized spacial score (nSPS) is 18.3. The Morgan fingerprint density at radius 1 is 1.11 bits per heavy atom. The fraction of sp³-hybridized carbons (Fsp3) is 0.241. The van der Waals surface area contributed by atoms with Gasteiger partial charge in [0.15, 0.2) is 0 Å². The number of ether oxygens (including phenoxy) is 2. The Labute approximate surface area is 214 Å². The predicted octanol–water partition coefficient (Wildman–Crippen LogP) is 4.49. The van der Waals surface area contributed by atoms with Crippen LogP contribution in [0.2, 0.25) is 0 Å². The number of amides is 1. The van der Waals surface area contributed by atoms with Gasteiger partial charge in [-0.3, -0.25) is 19.8 Å². The number of hydrogen-bond acceptors (Lipinski definition) is 7. The average Bonchev–Trinajstić information content (AvgIpc) is 3.68. The van der Waals surface area contributed by atoms with Crippen LogP contribution in [-0.2, 0) is 27.4 Å². The largest absolute Gasteiger partial charge is 0.489 e. The van der Waals surface area contributed by atoms with Crippen molar-refractivity contribution in [2.24, 2.45) is 11.3 Å². The quantitative estimate of drug-likeness (QED) is 0.199. The summed E-state index contributed by atoms with van der Waals surface area (Å²) < 4.78 is 11.3. The zero-order valence-electron chi connectivity index (χ0n) is 20.4. The number of nitrogens with zero attached hydrogens (tertiary/aromatic N) is 2. The van der Waals surface area contributed by atoms with Crippen molar-refractivity contribution >= 4 is 22.8 Å². The van der Waals surface area contributed by atoms with Crippen LogP contribution >= 0.6 is 0 Å². The molecule has 2 aromatic carbocycles. The van der Waals surface area contributed by atoms with Gasteiger partial charge in [-0.25, -0.2) is 10.5 Å². The lowest BCUT2D eigenvalue weighted by atomic mass is 9.93. The fourth-order valence-electron chi connectivity index (χ4n) is 4.75. The van der Waals surface area contributed by atoms with Crippen LogP contribution in [0, 0.1) is 11.3 Å². The Morgan fingerprint density at radius 2 is 1.92 bits per heavy atom. The number of aromatic nitrogens is 2. The van der Waals surface area contributed by atoms with E-state index < -0.39 is 23.2 Å². The van der Waals surface area contributed by atoms with Gasteiger partial charge in [0.1, 0.15) is 12.4 Å². The summed E-state index contributed by atoms with van der Waals surface area (Å²) in [6.07, 6.45) is 4.20. The van der Waals surface area contributed by atoms with Gasteiger partial charge >= 0.3 is 5.97 Å². The minimum absolute atomic E-state index is 0.229. The number of esters is 1. The van der Waals surface area contributed by atoms with E-state index in [-0.39, 0.29) is 6.61 Å². The van der Waals surface area contributed by atoms with E-state index in [1.165, 1.54) is 0 Å². The number of hydroxylamine groups is 1. The van der Waals surface area contributed by atoms with Crippen LogP contribution in [0.5, 0.6) is 5.75 Å². The fourth-order valence-corrected chi connectivity index (χ4v) is 4.75. The smallest absolute Gasteiger partial charge is 0.313 e. The summed E-state index contributed by atoms with van der Waals surface area (Å²) in [7, 11) is 0. The lowest BCUT2D eigenvalue weighted by Crippen LogP contribution is -2.30. The van der Waals surface area contributed by atoms with Crippen molar-refractivity contribution < 1.29 is 24.3 Å². The first kappa shape index (κ1) is 24.4. The number of pyridine rings is 2. The van der Waals surface area contributed by atoms with Gasteiger partial charge in [-0.15, -0.1) is 0 Å². The van der Waals surface area contributed by atoms with Crippen molar-refractivity contribution in [1.82, 2.24) is 15.4 Å². The third-order valence-corrected chi connectivity index (χ3v) is 6.78. The molecule has 0 radical (unpaired) electrons. The van der Waals surface area contributed by atoms with Crippen molar-refractivity contribution in [3.63, 3.8) is 0 Å². The monoisotopic (exact) mass is 497 g/mol. The average molecular weight is 498 g/mol. The van der Waals surface area contributed by atoms with Gasteiger partial charge in [-0.2, -0.15) is 0 Å². The Morgan fingerprint density at radius 3 is 2.65 bits per heavy atom. The van der Waals surface area contributed by atoms with Crippen LogP contribution < -0.4 is 10.2 Å². The molecule has 8 heteroatoms. The van der Waals surface area contributed by atoms with Crippen LogP contribution in [0.4, 0.5) is 0 Å². The van der Waals surface area contributed by atoms with Crippen molar-refractivity contribution in [1.29, 1.82) is 0 Å². The van der Waals surface area contributed by atoms with Crippen molar-refractivity contribution in [3.8, 4) is 17.0 Å². The number of carbonyl (C=O) groups is 2. The number of benzene rings is 2. The summed E-state index contributed by atoms with van der Waals surface area (Å²) in [6.45, 7) is 2.31. The van der Waals surface area contributed by atoms with E-state index in [0.29, 0.717) is 25.2 Å². The number of rotatable bonds is 9. The highest BCUT2D eigenvalue weighted by Crippen LogP contribution is 2.56. The minimum atomic E-state index is -0.955. The topological polar surface area (TPSA) is 111 Å². The van der Waals surface area contributed by atoms with Crippen LogP contribution in [-0.4, -0.2) is 33.7 Å². The van der Waals surface area contributed by atoms with Gasteiger partial charge < -0.3 is 9.47 Å². The molecule has 2 atom stereocenters. The van der Waals surface area contributed by atoms with Gasteiger partial charge in [0, 0.05) is 28.9 Å². The highest BCUT2D eigenvalue weighted by Gasteiger charge is 2.64. The molecule has 37 heavy (non-hydrogen) atoms. The maximum absolute atomic E-state index is 12.6. The molecule has 1 fully saturated rings. The van der Waals surface area contributed by atoms with Crippen molar-refractivity contribution in [2.75, 3.05) is 6.61 Å². The third kappa shape index (κ3) is 5.01. The number of hydrogen-bond donors (Lipinski definition) is 2. The summed E-state index contributed by atoms with van der Waals surface area (Å²) >= 11 is 0. The predicted molar refractivity (Wildman–Crippen MR) is 137 cm³/mol. The van der Waals surface area contributed by atoms with Gasteiger partial charge in [-0.1, -0.05) is 30.3 Å². The number of fused-ring (bicyclic) bond motifs is 1. The highest BCUT2D eigenvalue weighted by atomic mass is 16.5. The van der Waals surface area contributed by atoms with Gasteiger partial charge in [-0.05, 0) is 61.7 Å². The van der Waals surface area contributed by atoms with E-state index in [4.69, 9.17) is 19.7 Å². The number of para-hydroxylation sites is 1. The summed E-state index contributed by atoms with van der Waals surface area (Å²) in [5.41, 5.74) is 5.23. The first-order valence-electron chi connectivity index (χ1n) is 12.2. The molecular formula is C29H27N3O5. The maximum atomic E-state index is 12.6. The third-order valence-electron chi connectivity index (χ3n) is 6.78. The molecule has 2 N–H and O–H groups in total. The molecular weight excluding hydrogens is 470 g/mol. The second-order valence-corrected chi connectivity index (χ2v) is 9.14. The van der Waals surface area contributed by atoms with Gasteiger partial charge in [0.05, 0.1) is 29.2 Å². The van der Waals surface area contributed by atoms with Gasteiger partial charge in [0.25, 0.3) is 0 Å². The van der Waals surface area contributed by atoms with Crippen molar-refractivity contribution in [3.05, 3.63) is 90.3 Å². The van der Waals surface area contributed by atoms with E-state index in [1.807, 2.05) is 66.7 Å². The Kier molecular flexibility index (Phi) is 6.83. The first-order chi connectivity index (χ1) is 18.0.